The highest BCUT2D eigenvalue weighted by Crippen LogP contribution is 2.41. The fourth-order valence-corrected chi connectivity index (χ4v) is 3.62. The van der Waals surface area contributed by atoms with Gasteiger partial charge < -0.3 is 19.6 Å². The topological polar surface area (TPSA) is 74.8 Å². The molecule has 154 valence electrons. The van der Waals surface area contributed by atoms with Crippen molar-refractivity contribution in [3.63, 3.8) is 0 Å². The number of aliphatic hydroxyl groups is 1. The maximum absolute atomic E-state index is 14.2. The van der Waals surface area contributed by atoms with Crippen molar-refractivity contribution in [2.45, 2.75) is 64.5 Å². The van der Waals surface area contributed by atoms with Crippen LogP contribution in [0, 0.1) is 11.6 Å². The number of halogens is 2. The van der Waals surface area contributed by atoms with Crippen LogP contribution in [0.25, 0.3) is 10.9 Å². The highest BCUT2D eigenvalue weighted by atomic mass is 19.2. The minimum absolute atomic E-state index is 0.000437. The Balaban J connectivity index is 2.09. The maximum atomic E-state index is 14.2. The predicted octanol–water partition coefficient (Wildman–Crippen LogP) is 4.03. The van der Waals surface area contributed by atoms with Crippen molar-refractivity contribution in [2.75, 3.05) is 6.61 Å². The first-order valence-electron chi connectivity index (χ1n) is 9.10. The van der Waals surface area contributed by atoms with Gasteiger partial charge in [0.2, 0.25) is 0 Å². The van der Waals surface area contributed by atoms with E-state index in [9.17, 15) is 18.7 Å². The van der Waals surface area contributed by atoms with Gasteiger partial charge in [0.15, 0.2) is 11.6 Å². The van der Waals surface area contributed by atoms with Gasteiger partial charge in [-0.3, -0.25) is 4.90 Å². The zero-order chi connectivity index (χ0) is 21.1. The molecule has 0 saturated carbocycles. The van der Waals surface area contributed by atoms with Crippen molar-refractivity contribution in [2.24, 2.45) is 0 Å². The summed E-state index contributed by atoms with van der Waals surface area (Å²) < 4.78 is 39.5. The lowest BCUT2D eigenvalue weighted by Gasteiger charge is -2.40. The molecule has 1 amide bonds. The van der Waals surface area contributed by atoms with Crippen LogP contribution in [0.5, 0.6) is 0 Å². The van der Waals surface area contributed by atoms with E-state index in [1.54, 1.807) is 34.6 Å². The summed E-state index contributed by atoms with van der Waals surface area (Å²) in [6, 6.07) is 1.47. The molecule has 2 atom stereocenters. The van der Waals surface area contributed by atoms with Crippen LogP contribution in [0.4, 0.5) is 13.6 Å². The van der Waals surface area contributed by atoms with Crippen LogP contribution in [0.2, 0.25) is 0 Å². The first-order valence-corrected chi connectivity index (χ1v) is 9.10. The van der Waals surface area contributed by atoms with Crippen molar-refractivity contribution in [3.05, 3.63) is 35.5 Å². The van der Waals surface area contributed by atoms with Crippen LogP contribution < -0.4 is 0 Å². The molecule has 1 aliphatic rings. The second-order valence-electron chi connectivity index (χ2n) is 8.76. The molecule has 1 saturated heterocycles. The van der Waals surface area contributed by atoms with Crippen molar-refractivity contribution in [1.82, 2.24) is 9.88 Å². The van der Waals surface area contributed by atoms with Crippen LogP contribution in [-0.4, -0.2) is 45.1 Å². The lowest BCUT2D eigenvalue weighted by Crippen LogP contribution is -2.56. The number of ether oxygens (including phenoxy) is 2. The monoisotopic (exact) mass is 396 g/mol. The predicted molar refractivity (Wildman–Crippen MR) is 99.7 cm³/mol. The molecule has 28 heavy (non-hydrogen) atoms. The maximum Gasteiger partial charge on any atom is 0.413 e. The molecule has 8 heteroatoms. The Morgan fingerprint density at radius 3 is 2.61 bits per heavy atom. The number of aromatic amines is 1. The number of carbonyl (C=O) groups excluding carboxylic acids is 1. The molecule has 3 rings (SSSR count). The summed E-state index contributed by atoms with van der Waals surface area (Å²) in [7, 11) is 0. The highest BCUT2D eigenvalue weighted by Gasteiger charge is 2.53. The number of H-pyrrole nitrogens is 1. The number of amides is 1. The van der Waals surface area contributed by atoms with Crippen LogP contribution in [0.1, 0.15) is 47.1 Å². The largest absolute Gasteiger partial charge is 0.444 e. The highest BCUT2D eigenvalue weighted by molar-refractivity contribution is 5.84. The molecule has 2 aromatic rings. The fraction of sp³-hybridized carbons (Fsp3) is 0.550. The first-order chi connectivity index (χ1) is 12.8. The van der Waals surface area contributed by atoms with Gasteiger partial charge in [0.1, 0.15) is 16.9 Å². The Bertz CT molecular complexity index is 915. The normalized spacial score (nSPS) is 21.8. The minimum atomic E-state index is -1.75. The Hall–Kier alpha value is -2.19. The Morgan fingerprint density at radius 1 is 1.36 bits per heavy atom. The standard InChI is InChI=1S/C20H26F2N2O4/c1-18(2,3)28-17(25)24-14(10-27-19(24,4)5)20(6,26)12-9-13(21)15(22)11-7-8-23-16(11)12/h7-9,14,23,26H,10H2,1-6H3/t14-,20?/m1/s1. The van der Waals surface area contributed by atoms with Gasteiger partial charge in [-0.1, -0.05) is 0 Å². The average Bonchev–Trinajstić information content (AvgIpc) is 3.13. The van der Waals surface area contributed by atoms with Gasteiger partial charge in [-0.2, -0.15) is 0 Å². The number of fused-ring (bicyclic) bond motifs is 1. The first kappa shape index (κ1) is 20.5. The minimum Gasteiger partial charge on any atom is -0.444 e. The van der Waals surface area contributed by atoms with E-state index in [1.807, 2.05) is 0 Å². The summed E-state index contributed by atoms with van der Waals surface area (Å²) in [5, 5.41) is 11.5. The molecule has 1 aromatic carbocycles. The SMILES string of the molecule is CC(C)(C)OC(=O)N1[C@@H](C(C)(O)c2cc(F)c(F)c3cc[nH]c23)COC1(C)C. The number of nitrogens with zero attached hydrogens (tertiary/aromatic N) is 1. The Kier molecular flexibility index (Phi) is 4.71. The molecule has 1 aliphatic heterocycles. The van der Waals surface area contributed by atoms with E-state index in [4.69, 9.17) is 9.47 Å². The molecule has 6 nitrogen and oxygen atoms in total. The molecule has 0 radical (unpaired) electrons. The van der Waals surface area contributed by atoms with Crippen molar-refractivity contribution < 1.29 is 28.2 Å². The van der Waals surface area contributed by atoms with E-state index in [0.717, 1.165) is 6.07 Å². The van der Waals surface area contributed by atoms with Crippen molar-refractivity contribution in [1.29, 1.82) is 0 Å². The zero-order valence-electron chi connectivity index (χ0n) is 16.9. The third-order valence-corrected chi connectivity index (χ3v) is 5.00. The number of benzene rings is 1. The van der Waals surface area contributed by atoms with Crippen LogP contribution in [-0.2, 0) is 15.1 Å². The molecule has 0 aliphatic carbocycles. The van der Waals surface area contributed by atoms with Gasteiger partial charge in [0, 0.05) is 17.1 Å². The summed E-state index contributed by atoms with van der Waals surface area (Å²) in [6.45, 7) is 10.0. The smallest absolute Gasteiger partial charge is 0.413 e. The summed E-state index contributed by atoms with van der Waals surface area (Å²) >= 11 is 0. The van der Waals surface area contributed by atoms with Crippen molar-refractivity contribution in [3.8, 4) is 0 Å². The quantitative estimate of drug-likeness (QED) is 0.804. The molecule has 2 N–H and O–H groups in total. The Labute approximate surface area is 162 Å². The van der Waals surface area contributed by atoms with Crippen molar-refractivity contribution >= 4 is 17.0 Å². The van der Waals surface area contributed by atoms with Gasteiger partial charge >= 0.3 is 6.09 Å². The van der Waals surface area contributed by atoms with E-state index in [1.165, 1.54) is 24.1 Å². The molecular formula is C20H26F2N2O4. The molecule has 0 spiro atoms. The van der Waals surface area contributed by atoms with E-state index in [-0.39, 0.29) is 23.1 Å². The molecule has 1 aromatic heterocycles. The van der Waals surface area contributed by atoms with E-state index < -0.39 is 40.7 Å². The van der Waals surface area contributed by atoms with Gasteiger partial charge in [0.25, 0.3) is 0 Å². The molecular weight excluding hydrogens is 370 g/mol. The van der Waals surface area contributed by atoms with Crippen LogP contribution in [0.3, 0.4) is 0 Å². The number of aromatic nitrogens is 1. The van der Waals surface area contributed by atoms with Crippen LogP contribution in [0.15, 0.2) is 18.3 Å². The van der Waals surface area contributed by atoms with E-state index in [0.29, 0.717) is 0 Å². The number of hydrogen-bond donors (Lipinski definition) is 2. The van der Waals surface area contributed by atoms with Gasteiger partial charge in [-0.25, -0.2) is 13.6 Å². The van der Waals surface area contributed by atoms with Crippen LogP contribution >= 0.6 is 0 Å². The third-order valence-electron chi connectivity index (χ3n) is 5.00. The van der Waals surface area contributed by atoms with Gasteiger partial charge in [-0.15, -0.1) is 0 Å². The zero-order valence-corrected chi connectivity index (χ0v) is 16.9. The molecule has 1 fully saturated rings. The second kappa shape index (κ2) is 6.42. The van der Waals surface area contributed by atoms with E-state index in [2.05, 4.69) is 4.98 Å². The lowest BCUT2D eigenvalue weighted by atomic mass is 9.86. The van der Waals surface area contributed by atoms with E-state index >= 15 is 0 Å². The fourth-order valence-electron chi connectivity index (χ4n) is 3.62. The summed E-state index contributed by atoms with van der Waals surface area (Å²) in [5.41, 5.74) is -3.16. The molecule has 2 heterocycles. The Morgan fingerprint density at radius 2 is 2.00 bits per heavy atom. The number of carbonyl (C=O) groups is 1. The summed E-state index contributed by atoms with van der Waals surface area (Å²) in [6.07, 6.45) is 0.804. The number of nitrogens with one attached hydrogen (secondary N) is 1. The van der Waals surface area contributed by atoms with Gasteiger partial charge in [0.05, 0.1) is 18.2 Å². The summed E-state index contributed by atoms with van der Waals surface area (Å²) in [4.78, 5) is 17.0. The number of hydrogen-bond acceptors (Lipinski definition) is 4. The molecule has 1 unspecified atom stereocenters. The lowest BCUT2D eigenvalue weighted by molar-refractivity contribution is -0.0798. The summed E-state index contributed by atoms with van der Waals surface area (Å²) in [5.74, 6) is -2.08. The molecule has 0 bridgehead atoms. The number of rotatable bonds is 2. The average molecular weight is 396 g/mol. The van der Waals surface area contributed by atoms with Gasteiger partial charge in [-0.05, 0) is 53.7 Å². The second-order valence-corrected chi connectivity index (χ2v) is 8.76. The third kappa shape index (κ3) is 3.35.